The van der Waals surface area contributed by atoms with E-state index in [0.717, 1.165) is 40.1 Å². The zero-order valence-corrected chi connectivity index (χ0v) is 18.8. The second-order valence-corrected chi connectivity index (χ2v) is 9.22. The summed E-state index contributed by atoms with van der Waals surface area (Å²) in [6, 6.07) is 15.5. The lowest BCUT2D eigenvalue weighted by atomic mass is 10.0. The van der Waals surface area contributed by atoms with Gasteiger partial charge in [-0.15, -0.1) is 0 Å². The van der Waals surface area contributed by atoms with E-state index in [1.807, 2.05) is 6.08 Å². The van der Waals surface area contributed by atoms with Gasteiger partial charge in [0.1, 0.15) is 5.82 Å². The van der Waals surface area contributed by atoms with E-state index >= 15 is 0 Å². The summed E-state index contributed by atoms with van der Waals surface area (Å²) in [4.78, 5) is 11.8. The van der Waals surface area contributed by atoms with Crippen LogP contribution in [0.1, 0.15) is 43.5 Å². The molecule has 2 aromatic carbocycles. The Morgan fingerprint density at radius 3 is 2.58 bits per heavy atom. The van der Waals surface area contributed by atoms with Crippen molar-refractivity contribution >= 4 is 33.7 Å². The zero-order chi connectivity index (χ0) is 21.0. The molecule has 1 aliphatic carbocycles. The highest BCUT2D eigenvalue weighted by Gasteiger charge is 2.11. The molecule has 0 amide bonds. The van der Waals surface area contributed by atoms with E-state index in [0.29, 0.717) is 0 Å². The van der Waals surface area contributed by atoms with Gasteiger partial charge < -0.3 is 9.88 Å². The SMILES string of the molecule is S=C1C=C(c2nc3ccc(-c4ccc(CCCN5CCCCC5)cc4)cc3[nH]2)C=CC1. The summed E-state index contributed by atoms with van der Waals surface area (Å²) in [5.74, 6) is 0.884. The molecule has 0 bridgehead atoms. The molecule has 1 N–H and O–H groups in total. The van der Waals surface area contributed by atoms with Gasteiger partial charge in [0, 0.05) is 16.9 Å². The molecule has 3 nitrogen and oxygen atoms in total. The lowest BCUT2D eigenvalue weighted by Crippen LogP contribution is -2.30. The van der Waals surface area contributed by atoms with E-state index in [1.54, 1.807) is 0 Å². The van der Waals surface area contributed by atoms with E-state index in [9.17, 15) is 0 Å². The largest absolute Gasteiger partial charge is 0.338 e. The second-order valence-electron chi connectivity index (χ2n) is 8.69. The monoisotopic (exact) mass is 427 g/mol. The van der Waals surface area contributed by atoms with Crippen LogP contribution >= 0.6 is 12.2 Å². The van der Waals surface area contributed by atoms with Crippen molar-refractivity contribution in [1.82, 2.24) is 14.9 Å². The van der Waals surface area contributed by atoms with E-state index in [-0.39, 0.29) is 0 Å². The number of H-pyrrole nitrogens is 1. The fourth-order valence-corrected chi connectivity index (χ4v) is 4.83. The molecule has 158 valence electrons. The quantitative estimate of drug-likeness (QED) is 0.464. The fraction of sp³-hybridized carbons (Fsp3) is 0.333. The number of aromatic nitrogens is 2. The first-order valence-electron chi connectivity index (χ1n) is 11.5. The first kappa shape index (κ1) is 20.3. The Bertz CT molecular complexity index is 1130. The zero-order valence-electron chi connectivity index (χ0n) is 17.9. The van der Waals surface area contributed by atoms with Crippen molar-refractivity contribution in [2.75, 3.05) is 19.6 Å². The van der Waals surface area contributed by atoms with Crippen LogP contribution in [-0.4, -0.2) is 39.4 Å². The molecule has 3 aromatic rings. The van der Waals surface area contributed by atoms with Crippen LogP contribution < -0.4 is 0 Å². The minimum Gasteiger partial charge on any atom is -0.338 e. The van der Waals surface area contributed by atoms with Crippen molar-refractivity contribution in [3.05, 3.63) is 72.1 Å². The predicted octanol–water partition coefficient (Wildman–Crippen LogP) is 6.36. The molecule has 5 rings (SSSR count). The van der Waals surface area contributed by atoms with Crippen molar-refractivity contribution in [3.63, 3.8) is 0 Å². The molecular formula is C27H29N3S. The molecular weight excluding hydrogens is 398 g/mol. The minimum absolute atomic E-state index is 0.845. The Balaban J connectivity index is 1.26. The molecule has 0 spiro atoms. The van der Waals surface area contributed by atoms with Crippen molar-refractivity contribution < 1.29 is 0 Å². The first-order chi connectivity index (χ1) is 15.2. The summed E-state index contributed by atoms with van der Waals surface area (Å²) < 4.78 is 0. The molecule has 2 heterocycles. The van der Waals surface area contributed by atoms with Crippen LogP contribution in [-0.2, 0) is 6.42 Å². The first-order valence-corrected chi connectivity index (χ1v) is 11.9. The number of nitrogens with one attached hydrogen (secondary N) is 1. The van der Waals surface area contributed by atoms with Gasteiger partial charge in [0.05, 0.1) is 11.0 Å². The van der Waals surface area contributed by atoms with Gasteiger partial charge in [-0.1, -0.05) is 61.1 Å². The number of fused-ring (bicyclic) bond motifs is 1. The van der Waals surface area contributed by atoms with Crippen LogP contribution in [0, 0.1) is 0 Å². The Morgan fingerprint density at radius 1 is 0.968 bits per heavy atom. The summed E-state index contributed by atoms with van der Waals surface area (Å²) in [6.45, 7) is 3.81. The Morgan fingerprint density at radius 2 is 1.77 bits per heavy atom. The van der Waals surface area contributed by atoms with Gasteiger partial charge in [0.2, 0.25) is 0 Å². The number of aryl methyl sites for hydroxylation is 1. The van der Waals surface area contributed by atoms with Crippen molar-refractivity contribution in [3.8, 4) is 11.1 Å². The number of likely N-dealkylation sites (tertiary alicyclic amines) is 1. The van der Waals surface area contributed by atoms with Crippen molar-refractivity contribution in [2.24, 2.45) is 0 Å². The van der Waals surface area contributed by atoms with E-state index in [2.05, 4.69) is 64.5 Å². The molecule has 0 atom stereocenters. The number of allylic oxidation sites excluding steroid dienone is 4. The third kappa shape index (κ3) is 4.86. The summed E-state index contributed by atoms with van der Waals surface area (Å²) in [6.07, 6.45) is 13.6. The highest BCUT2D eigenvalue weighted by atomic mass is 32.1. The van der Waals surface area contributed by atoms with Gasteiger partial charge >= 0.3 is 0 Å². The topological polar surface area (TPSA) is 31.9 Å². The van der Waals surface area contributed by atoms with E-state index in [1.165, 1.54) is 62.0 Å². The molecule has 1 aliphatic heterocycles. The average Bonchev–Trinajstić information content (AvgIpc) is 3.24. The number of aromatic amines is 1. The van der Waals surface area contributed by atoms with Crippen LogP contribution in [0.15, 0.2) is 60.7 Å². The summed E-state index contributed by atoms with van der Waals surface area (Å²) >= 11 is 5.35. The number of rotatable bonds is 6. The molecule has 2 aliphatic rings. The number of hydrogen-bond acceptors (Lipinski definition) is 3. The van der Waals surface area contributed by atoms with Gasteiger partial charge in [-0.05, 0) is 80.2 Å². The predicted molar refractivity (Wildman–Crippen MR) is 134 cm³/mol. The number of thiocarbonyl (C=S) groups is 1. The number of benzene rings is 2. The molecule has 0 saturated carbocycles. The minimum atomic E-state index is 0.845. The highest BCUT2D eigenvalue weighted by Crippen LogP contribution is 2.26. The van der Waals surface area contributed by atoms with E-state index in [4.69, 9.17) is 17.2 Å². The Hall–Kier alpha value is -2.56. The lowest BCUT2D eigenvalue weighted by Gasteiger charge is -2.26. The summed E-state index contributed by atoms with van der Waals surface area (Å²) in [5, 5.41) is 0. The smallest absolute Gasteiger partial charge is 0.138 e. The van der Waals surface area contributed by atoms with Crippen LogP contribution in [0.4, 0.5) is 0 Å². The second kappa shape index (κ2) is 9.29. The maximum atomic E-state index is 5.35. The number of imidazole rings is 1. The van der Waals surface area contributed by atoms with Crippen LogP contribution in [0.25, 0.3) is 27.7 Å². The van der Waals surface area contributed by atoms with Crippen molar-refractivity contribution in [2.45, 2.75) is 38.5 Å². The van der Waals surface area contributed by atoms with Gasteiger partial charge in [0.15, 0.2) is 0 Å². The molecule has 0 radical (unpaired) electrons. The highest BCUT2D eigenvalue weighted by molar-refractivity contribution is 7.80. The Labute approximate surface area is 189 Å². The van der Waals surface area contributed by atoms with Gasteiger partial charge in [-0.2, -0.15) is 0 Å². The number of hydrogen-bond donors (Lipinski definition) is 1. The molecule has 31 heavy (non-hydrogen) atoms. The van der Waals surface area contributed by atoms with Crippen LogP contribution in [0.2, 0.25) is 0 Å². The molecule has 1 aromatic heterocycles. The van der Waals surface area contributed by atoms with Crippen molar-refractivity contribution in [1.29, 1.82) is 0 Å². The normalized spacial score (nSPS) is 17.3. The van der Waals surface area contributed by atoms with Crippen LogP contribution in [0.3, 0.4) is 0 Å². The fourth-order valence-electron chi connectivity index (χ4n) is 4.61. The molecule has 0 unspecified atom stereocenters. The maximum Gasteiger partial charge on any atom is 0.138 e. The lowest BCUT2D eigenvalue weighted by molar-refractivity contribution is 0.226. The molecule has 1 saturated heterocycles. The average molecular weight is 428 g/mol. The molecule has 1 fully saturated rings. The maximum absolute atomic E-state index is 5.35. The summed E-state index contributed by atoms with van der Waals surface area (Å²) in [7, 11) is 0. The van der Waals surface area contributed by atoms with Gasteiger partial charge in [0.25, 0.3) is 0 Å². The van der Waals surface area contributed by atoms with Crippen LogP contribution in [0.5, 0.6) is 0 Å². The summed E-state index contributed by atoms with van der Waals surface area (Å²) in [5.41, 5.74) is 6.99. The third-order valence-electron chi connectivity index (χ3n) is 6.36. The standard InChI is InChI=1S/C27H29N3S/c31-24-8-4-7-23(18-24)27-28-25-14-13-22(19-26(25)29-27)21-11-9-20(10-12-21)6-5-17-30-15-2-1-3-16-30/h4,7,9-14,18-19H,1-3,5-6,8,15-17H2,(H,28,29). The van der Waals surface area contributed by atoms with Gasteiger partial charge in [-0.25, -0.2) is 4.98 Å². The van der Waals surface area contributed by atoms with Gasteiger partial charge in [-0.3, -0.25) is 0 Å². The number of piperidine rings is 1. The van der Waals surface area contributed by atoms with E-state index < -0.39 is 0 Å². The third-order valence-corrected chi connectivity index (χ3v) is 6.65. The molecule has 4 heteroatoms. The Kier molecular flexibility index (Phi) is 6.10. The number of nitrogens with zero attached hydrogens (tertiary/aromatic N) is 2.